The Morgan fingerprint density at radius 1 is 1.11 bits per heavy atom. The van der Waals surface area contributed by atoms with E-state index < -0.39 is 0 Å². The van der Waals surface area contributed by atoms with Gasteiger partial charge in [-0.2, -0.15) is 0 Å². The zero-order valence-corrected chi connectivity index (χ0v) is 12.1. The maximum absolute atomic E-state index is 5.68. The van der Waals surface area contributed by atoms with Crippen LogP contribution in [0.15, 0.2) is 18.7 Å². The quantitative estimate of drug-likeness (QED) is 0.535. The molecule has 0 amide bonds. The summed E-state index contributed by atoms with van der Waals surface area (Å²) in [5.41, 5.74) is 3.15. The minimum absolute atomic E-state index is 0.205. The molecule has 0 saturated carbocycles. The Morgan fingerprint density at radius 3 is 2.32 bits per heavy atom. The summed E-state index contributed by atoms with van der Waals surface area (Å²) in [7, 11) is 3.19. The first-order valence-corrected chi connectivity index (χ1v) is 6.13. The molecule has 0 aromatic heterocycles. The van der Waals surface area contributed by atoms with Crippen molar-refractivity contribution in [1.82, 2.24) is 0 Å². The number of benzene rings is 1. The molecule has 4 nitrogen and oxygen atoms in total. The average molecular weight is 266 g/mol. The van der Waals surface area contributed by atoms with Crippen molar-refractivity contribution >= 4 is 0 Å². The molecule has 0 aliphatic rings. The van der Waals surface area contributed by atoms with Crippen molar-refractivity contribution in [3.05, 3.63) is 35.4 Å². The summed E-state index contributed by atoms with van der Waals surface area (Å²) < 4.78 is 21.2. The minimum Gasteiger partial charge on any atom is -0.467 e. The topological polar surface area (TPSA) is 36.9 Å². The highest BCUT2D eigenvalue weighted by Crippen LogP contribution is 2.35. The Hall–Kier alpha value is -1.52. The lowest BCUT2D eigenvalue weighted by atomic mass is 10.0. The summed E-state index contributed by atoms with van der Waals surface area (Å²) in [5.74, 6) is 1.56. The molecule has 1 rings (SSSR count). The van der Waals surface area contributed by atoms with Crippen LogP contribution < -0.4 is 9.47 Å². The summed E-state index contributed by atoms with van der Waals surface area (Å²) in [6.07, 6.45) is 2.49. The second kappa shape index (κ2) is 7.81. The molecule has 0 unspecified atom stereocenters. The molecule has 0 aliphatic carbocycles. The normalized spacial score (nSPS) is 10.3. The van der Waals surface area contributed by atoms with E-state index >= 15 is 0 Å². The van der Waals surface area contributed by atoms with Gasteiger partial charge in [0.1, 0.15) is 11.5 Å². The maximum Gasteiger partial charge on any atom is 0.188 e. The Morgan fingerprint density at radius 2 is 1.74 bits per heavy atom. The van der Waals surface area contributed by atoms with Gasteiger partial charge in [-0.25, -0.2) is 0 Å². The SMILES string of the molecule is C=CCc1c(OCOC)cc(C)c(C)c1OCOC. The zero-order chi connectivity index (χ0) is 14.3. The maximum atomic E-state index is 5.68. The van der Waals surface area contributed by atoms with Crippen LogP contribution in [0.2, 0.25) is 0 Å². The van der Waals surface area contributed by atoms with E-state index in [1.54, 1.807) is 14.2 Å². The van der Waals surface area contributed by atoms with Crippen molar-refractivity contribution in [1.29, 1.82) is 0 Å². The molecule has 1 aromatic carbocycles. The molecule has 0 fully saturated rings. The van der Waals surface area contributed by atoms with E-state index in [1.165, 1.54) is 0 Å². The third-order valence-corrected chi connectivity index (χ3v) is 2.85. The largest absolute Gasteiger partial charge is 0.467 e. The first kappa shape index (κ1) is 15.5. The predicted octanol–water partition coefficient (Wildman–Crippen LogP) is 3.00. The van der Waals surface area contributed by atoms with Gasteiger partial charge in [-0.1, -0.05) is 6.08 Å². The first-order valence-electron chi connectivity index (χ1n) is 6.13. The fourth-order valence-corrected chi connectivity index (χ4v) is 1.81. The van der Waals surface area contributed by atoms with Crippen molar-refractivity contribution in [2.75, 3.05) is 27.8 Å². The van der Waals surface area contributed by atoms with E-state index in [1.807, 2.05) is 26.0 Å². The van der Waals surface area contributed by atoms with Crippen molar-refractivity contribution < 1.29 is 18.9 Å². The van der Waals surface area contributed by atoms with Gasteiger partial charge in [0, 0.05) is 19.8 Å². The Bertz CT molecular complexity index is 427. The summed E-state index contributed by atoms with van der Waals surface area (Å²) >= 11 is 0. The molecule has 0 spiro atoms. The van der Waals surface area contributed by atoms with E-state index in [9.17, 15) is 0 Å². The smallest absolute Gasteiger partial charge is 0.188 e. The molecule has 0 aliphatic heterocycles. The van der Waals surface area contributed by atoms with Crippen LogP contribution in [0.4, 0.5) is 0 Å². The highest BCUT2D eigenvalue weighted by molar-refractivity contribution is 5.54. The monoisotopic (exact) mass is 266 g/mol. The predicted molar refractivity (Wildman–Crippen MR) is 74.8 cm³/mol. The van der Waals surface area contributed by atoms with Crippen LogP contribution in [0, 0.1) is 13.8 Å². The third-order valence-electron chi connectivity index (χ3n) is 2.85. The molecule has 4 heteroatoms. The van der Waals surface area contributed by atoms with Crippen LogP contribution in [-0.2, 0) is 15.9 Å². The number of rotatable bonds is 8. The van der Waals surface area contributed by atoms with Crippen LogP contribution in [-0.4, -0.2) is 27.8 Å². The lowest BCUT2D eigenvalue weighted by Crippen LogP contribution is -2.08. The number of hydrogen-bond acceptors (Lipinski definition) is 4. The lowest BCUT2D eigenvalue weighted by Gasteiger charge is -2.19. The summed E-state index contributed by atoms with van der Waals surface area (Å²) in [4.78, 5) is 0. The third kappa shape index (κ3) is 3.98. The zero-order valence-electron chi connectivity index (χ0n) is 12.1. The molecule has 0 atom stereocenters. The molecular weight excluding hydrogens is 244 g/mol. The van der Waals surface area contributed by atoms with Gasteiger partial charge in [-0.15, -0.1) is 6.58 Å². The first-order chi connectivity index (χ1) is 9.15. The Labute approximate surface area is 114 Å². The summed E-state index contributed by atoms with van der Waals surface area (Å²) in [5, 5.41) is 0. The molecule has 1 aromatic rings. The minimum atomic E-state index is 0.205. The van der Waals surface area contributed by atoms with Crippen LogP contribution in [0.3, 0.4) is 0 Å². The molecule has 0 heterocycles. The van der Waals surface area contributed by atoms with E-state index in [0.29, 0.717) is 6.42 Å². The van der Waals surface area contributed by atoms with E-state index in [-0.39, 0.29) is 13.6 Å². The molecule has 0 N–H and O–H groups in total. The van der Waals surface area contributed by atoms with Crippen molar-refractivity contribution in [3.8, 4) is 11.5 Å². The van der Waals surface area contributed by atoms with Gasteiger partial charge >= 0.3 is 0 Å². The van der Waals surface area contributed by atoms with Gasteiger partial charge in [-0.3, -0.25) is 0 Å². The van der Waals surface area contributed by atoms with Crippen LogP contribution in [0.5, 0.6) is 11.5 Å². The number of aryl methyl sites for hydroxylation is 1. The van der Waals surface area contributed by atoms with E-state index in [0.717, 1.165) is 28.2 Å². The van der Waals surface area contributed by atoms with Gasteiger partial charge in [0.15, 0.2) is 13.6 Å². The van der Waals surface area contributed by atoms with Gasteiger partial charge in [-0.05, 0) is 37.5 Å². The fourth-order valence-electron chi connectivity index (χ4n) is 1.81. The highest BCUT2D eigenvalue weighted by Gasteiger charge is 2.15. The number of methoxy groups -OCH3 is 2. The second-order valence-corrected chi connectivity index (χ2v) is 4.22. The number of allylic oxidation sites excluding steroid dienone is 1. The Kier molecular flexibility index (Phi) is 6.39. The van der Waals surface area contributed by atoms with Crippen molar-refractivity contribution in [3.63, 3.8) is 0 Å². The van der Waals surface area contributed by atoms with Crippen LogP contribution in [0.1, 0.15) is 16.7 Å². The van der Waals surface area contributed by atoms with E-state index in [4.69, 9.17) is 18.9 Å². The molecule has 19 heavy (non-hydrogen) atoms. The number of ether oxygens (including phenoxy) is 4. The Balaban J connectivity index is 3.21. The molecule has 0 saturated heterocycles. The van der Waals surface area contributed by atoms with Gasteiger partial charge in [0.2, 0.25) is 0 Å². The second-order valence-electron chi connectivity index (χ2n) is 4.22. The standard InChI is InChI=1S/C15H22O4/c1-6-7-13-14(18-9-16-4)8-11(2)12(3)15(13)19-10-17-5/h6,8H,1,7,9-10H2,2-5H3. The molecule has 0 radical (unpaired) electrons. The summed E-state index contributed by atoms with van der Waals surface area (Å²) in [6.45, 7) is 8.23. The lowest BCUT2D eigenvalue weighted by molar-refractivity contribution is 0.0444. The van der Waals surface area contributed by atoms with Gasteiger partial charge < -0.3 is 18.9 Å². The molecule has 0 bridgehead atoms. The number of hydrogen-bond donors (Lipinski definition) is 0. The van der Waals surface area contributed by atoms with Gasteiger partial charge in [0.05, 0.1) is 0 Å². The van der Waals surface area contributed by atoms with Crippen LogP contribution >= 0.6 is 0 Å². The highest BCUT2D eigenvalue weighted by atomic mass is 16.7. The van der Waals surface area contributed by atoms with E-state index in [2.05, 4.69) is 6.58 Å². The summed E-state index contributed by atoms with van der Waals surface area (Å²) in [6, 6.07) is 1.99. The van der Waals surface area contributed by atoms with Crippen LogP contribution in [0.25, 0.3) is 0 Å². The van der Waals surface area contributed by atoms with Crippen molar-refractivity contribution in [2.45, 2.75) is 20.3 Å². The van der Waals surface area contributed by atoms with Crippen molar-refractivity contribution in [2.24, 2.45) is 0 Å². The average Bonchev–Trinajstić information content (AvgIpc) is 2.41. The molecular formula is C15H22O4. The molecule has 106 valence electrons. The fraction of sp³-hybridized carbons (Fsp3) is 0.467. The van der Waals surface area contributed by atoms with Gasteiger partial charge in [0.25, 0.3) is 0 Å².